The first-order chi connectivity index (χ1) is 6.75. The molecule has 0 spiro atoms. The van der Waals surface area contributed by atoms with E-state index in [0.29, 0.717) is 6.04 Å². The molecule has 1 aliphatic rings. The summed E-state index contributed by atoms with van der Waals surface area (Å²) in [7, 11) is 0. The van der Waals surface area contributed by atoms with Gasteiger partial charge in [-0.25, -0.2) is 4.98 Å². The van der Waals surface area contributed by atoms with Crippen molar-refractivity contribution in [3.05, 3.63) is 22.9 Å². The van der Waals surface area contributed by atoms with Crippen LogP contribution in [-0.2, 0) is 0 Å². The first kappa shape index (κ1) is 10.3. The zero-order valence-electron chi connectivity index (χ0n) is 8.03. The standard InChI is InChI=1S/C10H13BrN2S/c1-7-5-8(6-14-7)13-9-3-2-4-12-10(9)11/h2-4,7-8,13H,5-6H2,1H3. The smallest absolute Gasteiger partial charge is 0.129 e. The zero-order chi connectivity index (χ0) is 9.97. The van der Waals surface area contributed by atoms with Gasteiger partial charge in [-0.1, -0.05) is 6.92 Å². The predicted octanol–water partition coefficient (Wildman–Crippen LogP) is 3.15. The van der Waals surface area contributed by atoms with Gasteiger partial charge in [-0.3, -0.25) is 0 Å². The number of hydrogen-bond acceptors (Lipinski definition) is 3. The fourth-order valence-electron chi connectivity index (χ4n) is 1.63. The Morgan fingerprint density at radius 2 is 2.50 bits per heavy atom. The SMILES string of the molecule is CC1CC(Nc2cccnc2Br)CS1. The van der Waals surface area contributed by atoms with E-state index in [1.54, 1.807) is 6.20 Å². The van der Waals surface area contributed by atoms with Crippen LogP contribution in [0.4, 0.5) is 5.69 Å². The van der Waals surface area contributed by atoms with Crippen LogP contribution in [0.2, 0.25) is 0 Å². The van der Waals surface area contributed by atoms with Crippen LogP contribution in [0.1, 0.15) is 13.3 Å². The largest absolute Gasteiger partial charge is 0.379 e. The Kier molecular flexibility index (Phi) is 3.34. The quantitative estimate of drug-likeness (QED) is 0.838. The van der Waals surface area contributed by atoms with E-state index in [9.17, 15) is 0 Å². The Bertz CT molecular complexity index is 319. The summed E-state index contributed by atoms with van der Waals surface area (Å²) in [5.74, 6) is 1.20. The second-order valence-corrected chi connectivity index (χ2v) is 5.79. The molecule has 4 heteroatoms. The van der Waals surface area contributed by atoms with Crippen molar-refractivity contribution in [1.82, 2.24) is 4.98 Å². The molecule has 1 aromatic heterocycles. The van der Waals surface area contributed by atoms with Crippen LogP contribution in [-0.4, -0.2) is 22.0 Å². The second kappa shape index (κ2) is 4.53. The molecule has 1 saturated heterocycles. The van der Waals surface area contributed by atoms with Crippen LogP contribution < -0.4 is 5.32 Å². The fraction of sp³-hybridized carbons (Fsp3) is 0.500. The minimum Gasteiger partial charge on any atom is -0.379 e. The molecule has 14 heavy (non-hydrogen) atoms. The maximum Gasteiger partial charge on any atom is 0.129 e. The maximum atomic E-state index is 4.19. The van der Waals surface area contributed by atoms with Gasteiger partial charge in [0.05, 0.1) is 5.69 Å². The zero-order valence-corrected chi connectivity index (χ0v) is 10.4. The van der Waals surface area contributed by atoms with Crippen LogP contribution in [0.15, 0.2) is 22.9 Å². The van der Waals surface area contributed by atoms with Gasteiger partial charge in [0.2, 0.25) is 0 Å². The molecule has 2 unspecified atom stereocenters. The third-order valence-electron chi connectivity index (χ3n) is 2.32. The van der Waals surface area contributed by atoms with E-state index in [-0.39, 0.29) is 0 Å². The maximum absolute atomic E-state index is 4.19. The average Bonchev–Trinajstić information content (AvgIpc) is 2.56. The number of nitrogens with one attached hydrogen (secondary N) is 1. The lowest BCUT2D eigenvalue weighted by atomic mass is 10.2. The van der Waals surface area contributed by atoms with E-state index in [4.69, 9.17) is 0 Å². The van der Waals surface area contributed by atoms with Gasteiger partial charge in [-0.05, 0) is 34.5 Å². The first-order valence-corrected chi connectivity index (χ1v) is 6.58. The number of nitrogens with zero attached hydrogens (tertiary/aromatic N) is 1. The van der Waals surface area contributed by atoms with Crippen molar-refractivity contribution >= 4 is 33.4 Å². The third kappa shape index (κ3) is 2.42. The summed E-state index contributed by atoms with van der Waals surface area (Å²) in [5, 5.41) is 4.29. The first-order valence-electron chi connectivity index (χ1n) is 4.74. The number of aromatic nitrogens is 1. The Balaban J connectivity index is 2.01. The summed E-state index contributed by atoms with van der Waals surface area (Å²) in [6, 6.07) is 4.61. The average molecular weight is 273 g/mol. The molecular weight excluding hydrogens is 260 g/mol. The predicted molar refractivity (Wildman–Crippen MR) is 65.9 cm³/mol. The Labute approximate surface area is 97.0 Å². The Morgan fingerprint density at radius 1 is 1.64 bits per heavy atom. The van der Waals surface area contributed by atoms with Crippen LogP contribution in [0.25, 0.3) is 0 Å². The van der Waals surface area contributed by atoms with Crippen LogP contribution in [0, 0.1) is 0 Å². The number of hydrogen-bond donors (Lipinski definition) is 1. The summed E-state index contributed by atoms with van der Waals surface area (Å²) in [6.45, 7) is 2.28. The van der Waals surface area contributed by atoms with Gasteiger partial charge in [-0.15, -0.1) is 0 Å². The number of thioether (sulfide) groups is 1. The van der Waals surface area contributed by atoms with Crippen LogP contribution in [0.5, 0.6) is 0 Å². The molecule has 1 fully saturated rings. The summed E-state index contributed by atoms with van der Waals surface area (Å²) in [6.07, 6.45) is 3.04. The fourth-order valence-corrected chi connectivity index (χ4v) is 3.14. The highest BCUT2D eigenvalue weighted by Gasteiger charge is 2.21. The van der Waals surface area contributed by atoms with E-state index < -0.39 is 0 Å². The van der Waals surface area contributed by atoms with Crippen molar-refractivity contribution in [2.75, 3.05) is 11.1 Å². The van der Waals surface area contributed by atoms with Crippen molar-refractivity contribution in [3.63, 3.8) is 0 Å². The topological polar surface area (TPSA) is 24.9 Å². The van der Waals surface area contributed by atoms with Crippen molar-refractivity contribution in [1.29, 1.82) is 0 Å². The highest BCUT2D eigenvalue weighted by atomic mass is 79.9. The van der Waals surface area contributed by atoms with Crippen molar-refractivity contribution in [3.8, 4) is 0 Å². The molecule has 0 aliphatic carbocycles. The normalized spacial score (nSPS) is 26.4. The van der Waals surface area contributed by atoms with E-state index in [0.717, 1.165) is 15.5 Å². The molecule has 2 atom stereocenters. The molecule has 0 saturated carbocycles. The summed E-state index contributed by atoms with van der Waals surface area (Å²) >= 11 is 5.47. The lowest BCUT2D eigenvalue weighted by molar-refractivity contribution is 0.746. The molecule has 1 aliphatic heterocycles. The second-order valence-electron chi connectivity index (χ2n) is 3.56. The van der Waals surface area contributed by atoms with Crippen LogP contribution >= 0.6 is 27.7 Å². The van der Waals surface area contributed by atoms with Gasteiger partial charge in [0, 0.05) is 23.2 Å². The van der Waals surface area contributed by atoms with E-state index in [1.807, 2.05) is 17.8 Å². The minimum absolute atomic E-state index is 0.593. The third-order valence-corrected chi connectivity index (χ3v) is 4.31. The van der Waals surface area contributed by atoms with E-state index in [1.165, 1.54) is 12.2 Å². The molecule has 1 N–H and O–H groups in total. The van der Waals surface area contributed by atoms with Crippen molar-refractivity contribution in [2.24, 2.45) is 0 Å². The highest BCUT2D eigenvalue weighted by Crippen LogP contribution is 2.29. The molecule has 76 valence electrons. The summed E-state index contributed by atoms with van der Waals surface area (Å²) in [5.41, 5.74) is 1.10. The molecule has 0 aromatic carbocycles. The molecule has 1 aromatic rings. The lowest BCUT2D eigenvalue weighted by Crippen LogP contribution is -2.19. The molecule has 2 rings (SSSR count). The molecule has 0 amide bonds. The van der Waals surface area contributed by atoms with Gasteiger partial charge < -0.3 is 5.32 Å². The van der Waals surface area contributed by atoms with Gasteiger partial charge in [0.25, 0.3) is 0 Å². The molecule has 0 bridgehead atoms. The summed E-state index contributed by atoms with van der Waals surface area (Å²) < 4.78 is 0.907. The van der Waals surface area contributed by atoms with E-state index >= 15 is 0 Å². The Hall–Kier alpha value is -0.220. The molecule has 2 nitrogen and oxygen atoms in total. The van der Waals surface area contributed by atoms with E-state index in [2.05, 4.69) is 39.2 Å². The van der Waals surface area contributed by atoms with Gasteiger partial charge in [0.1, 0.15) is 4.60 Å². The number of rotatable bonds is 2. The summed E-state index contributed by atoms with van der Waals surface area (Å²) in [4.78, 5) is 4.19. The lowest BCUT2D eigenvalue weighted by Gasteiger charge is -2.13. The minimum atomic E-state index is 0.593. The number of halogens is 1. The number of pyridine rings is 1. The highest BCUT2D eigenvalue weighted by molar-refractivity contribution is 9.10. The number of anilines is 1. The van der Waals surface area contributed by atoms with Crippen molar-refractivity contribution in [2.45, 2.75) is 24.6 Å². The molecule has 2 heterocycles. The van der Waals surface area contributed by atoms with Gasteiger partial charge >= 0.3 is 0 Å². The molecular formula is C10H13BrN2S. The van der Waals surface area contributed by atoms with Crippen LogP contribution in [0.3, 0.4) is 0 Å². The van der Waals surface area contributed by atoms with Gasteiger partial charge in [-0.2, -0.15) is 11.8 Å². The monoisotopic (exact) mass is 272 g/mol. The molecule has 0 radical (unpaired) electrons. The van der Waals surface area contributed by atoms with Crippen molar-refractivity contribution < 1.29 is 0 Å². The van der Waals surface area contributed by atoms with Gasteiger partial charge in [0.15, 0.2) is 0 Å². The Morgan fingerprint density at radius 3 is 3.14 bits per heavy atom.